The number of halogens is 1. The van der Waals surface area contributed by atoms with Crippen LogP contribution in [0.2, 0.25) is 0 Å². The van der Waals surface area contributed by atoms with Crippen LogP contribution in [0.5, 0.6) is 0 Å². The van der Waals surface area contributed by atoms with Gasteiger partial charge in [0.05, 0.1) is 0 Å². The Morgan fingerprint density at radius 1 is 1.42 bits per heavy atom. The second-order valence-corrected chi connectivity index (χ2v) is 3.80. The minimum atomic E-state index is 0.762. The second kappa shape index (κ2) is 5.31. The van der Waals surface area contributed by atoms with Crippen molar-refractivity contribution in [2.24, 2.45) is 5.92 Å². The third-order valence-corrected chi connectivity index (χ3v) is 3.04. The van der Waals surface area contributed by atoms with Gasteiger partial charge in [0.1, 0.15) is 0 Å². The summed E-state index contributed by atoms with van der Waals surface area (Å²) in [5.74, 6) is 0.762. The summed E-state index contributed by atoms with van der Waals surface area (Å²) in [5.41, 5.74) is 1.39. The van der Waals surface area contributed by atoms with Crippen molar-refractivity contribution < 1.29 is 0 Å². The van der Waals surface area contributed by atoms with E-state index in [4.69, 9.17) is 0 Å². The standard InChI is InChI=1S/C10H14BrN/c1-9(8-11)2-3-10-4-6-12-7-5-10/h4-7,9H,2-3,8H2,1H3. The molecule has 1 unspecified atom stereocenters. The summed E-state index contributed by atoms with van der Waals surface area (Å²) in [6, 6.07) is 4.17. The zero-order valence-corrected chi connectivity index (χ0v) is 8.92. The fraction of sp³-hybridized carbons (Fsp3) is 0.500. The van der Waals surface area contributed by atoms with Crippen molar-refractivity contribution in [3.05, 3.63) is 30.1 Å². The fourth-order valence-electron chi connectivity index (χ4n) is 1.04. The minimum absolute atomic E-state index is 0.762. The third-order valence-electron chi connectivity index (χ3n) is 1.94. The van der Waals surface area contributed by atoms with Gasteiger partial charge in [-0.15, -0.1) is 0 Å². The lowest BCUT2D eigenvalue weighted by Crippen LogP contribution is -1.97. The molecule has 0 fully saturated rings. The first-order valence-corrected chi connectivity index (χ1v) is 5.40. The normalized spacial score (nSPS) is 12.8. The highest BCUT2D eigenvalue weighted by Gasteiger charge is 1.99. The van der Waals surface area contributed by atoms with E-state index >= 15 is 0 Å². The van der Waals surface area contributed by atoms with Gasteiger partial charge in [-0.05, 0) is 36.5 Å². The van der Waals surface area contributed by atoms with Gasteiger partial charge in [-0.1, -0.05) is 22.9 Å². The molecule has 1 atom stereocenters. The Balaban J connectivity index is 2.33. The molecule has 0 aliphatic heterocycles. The van der Waals surface area contributed by atoms with Gasteiger partial charge in [0.15, 0.2) is 0 Å². The Hall–Kier alpha value is -0.370. The number of hydrogen-bond donors (Lipinski definition) is 0. The van der Waals surface area contributed by atoms with E-state index in [1.165, 1.54) is 12.0 Å². The fourth-order valence-corrected chi connectivity index (χ4v) is 1.36. The molecule has 2 heteroatoms. The molecule has 0 amide bonds. The van der Waals surface area contributed by atoms with Crippen molar-refractivity contribution in [1.82, 2.24) is 4.98 Å². The van der Waals surface area contributed by atoms with Gasteiger partial charge in [-0.3, -0.25) is 4.98 Å². The number of aryl methyl sites for hydroxylation is 1. The summed E-state index contributed by atoms with van der Waals surface area (Å²) in [6.45, 7) is 2.26. The number of rotatable bonds is 4. The van der Waals surface area contributed by atoms with E-state index in [1.54, 1.807) is 0 Å². The van der Waals surface area contributed by atoms with E-state index in [2.05, 4.69) is 40.0 Å². The van der Waals surface area contributed by atoms with Crippen molar-refractivity contribution in [2.75, 3.05) is 5.33 Å². The van der Waals surface area contributed by atoms with Crippen molar-refractivity contribution in [3.63, 3.8) is 0 Å². The van der Waals surface area contributed by atoms with Crippen LogP contribution in [0.15, 0.2) is 24.5 Å². The summed E-state index contributed by atoms with van der Waals surface area (Å²) in [4.78, 5) is 3.98. The molecule has 1 aromatic rings. The summed E-state index contributed by atoms with van der Waals surface area (Å²) in [7, 11) is 0. The van der Waals surface area contributed by atoms with Gasteiger partial charge in [0.25, 0.3) is 0 Å². The maximum atomic E-state index is 3.98. The van der Waals surface area contributed by atoms with Crippen LogP contribution in [0.3, 0.4) is 0 Å². The number of pyridine rings is 1. The maximum Gasteiger partial charge on any atom is 0.0270 e. The van der Waals surface area contributed by atoms with Gasteiger partial charge >= 0.3 is 0 Å². The molecule has 0 saturated heterocycles. The second-order valence-electron chi connectivity index (χ2n) is 3.15. The van der Waals surface area contributed by atoms with Crippen molar-refractivity contribution in [2.45, 2.75) is 19.8 Å². The molecule has 1 heterocycles. The zero-order chi connectivity index (χ0) is 8.81. The van der Waals surface area contributed by atoms with Gasteiger partial charge in [0, 0.05) is 17.7 Å². The van der Waals surface area contributed by atoms with Gasteiger partial charge in [0.2, 0.25) is 0 Å². The van der Waals surface area contributed by atoms with Gasteiger partial charge in [-0.25, -0.2) is 0 Å². The molecule has 0 radical (unpaired) electrons. The first kappa shape index (κ1) is 9.72. The predicted molar refractivity (Wildman–Crippen MR) is 55.5 cm³/mol. The maximum absolute atomic E-state index is 3.98. The van der Waals surface area contributed by atoms with E-state index in [0.29, 0.717) is 0 Å². The molecule has 12 heavy (non-hydrogen) atoms. The molecule has 0 aromatic carbocycles. The average Bonchev–Trinajstić information content (AvgIpc) is 2.16. The van der Waals surface area contributed by atoms with Crippen LogP contribution in [-0.2, 0) is 6.42 Å². The van der Waals surface area contributed by atoms with Gasteiger partial charge < -0.3 is 0 Å². The first-order chi connectivity index (χ1) is 5.83. The van der Waals surface area contributed by atoms with Crippen LogP contribution in [0.25, 0.3) is 0 Å². The Bertz CT molecular complexity index is 210. The molecule has 0 aliphatic carbocycles. The smallest absolute Gasteiger partial charge is 0.0270 e. The molecular formula is C10H14BrN. The lowest BCUT2D eigenvalue weighted by atomic mass is 10.0. The van der Waals surface area contributed by atoms with Crippen LogP contribution >= 0.6 is 15.9 Å². The third kappa shape index (κ3) is 3.35. The summed E-state index contributed by atoms with van der Waals surface area (Å²) in [6.07, 6.45) is 6.12. The summed E-state index contributed by atoms with van der Waals surface area (Å²) < 4.78 is 0. The SMILES string of the molecule is CC(CBr)CCc1ccncc1. The molecule has 0 aliphatic rings. The Morgan fingerprint density at radius 3 is 2.67 bits per heavy atom. The minimum Gasteiger partial charge on any atom is -0.265 e. The van der Waals surface area contributed by atoms with E-state index in [9.17, 15) is 0 Å². The zero-order valence-electron chi connectivity index (χ0n) is 7.33. The molecule has 66 valence electrons. The molecule has 1 rings (SSSR count). The first-order valence-electron chi connectivity index (χ1n) is 4.28. The highest BCUT2D eigenvalue weighted by molar-refractivity contribution is 9.09. The summed E-state index contributed by atoms with van der Waals surface area (Å²) in [5, 5.41) is 1.10. The molecule has 1 aromatic heterocycles. The molecule has 0 bridgehead atoms. The molecule has 1 nitrogen and oxygen atoms in total. The van der Waals surface area contributed by atoms with Crippen LogP contribution in [0.1, 0.15) is 18.9 Å². The van der Waals surface area contributed by atoms with Crippen LogP contribution in [0, 0.1) is 5.92 Å². The largest absolute Gasteiger partial charge is 0.265 e. The molecular weight excluding hydrogens is 214 g/mol. The lowest BCUT2D eigenvalue weighted by Gasteiger charge is -2.06. The summed E-state index contributed by atoms with van der Waals surface area (Å²) >= 11 is 3.48. The number of hydrogen-bond acceptors (Lipinski definition) is 1. The van der Waals surface area contributed by atoms with E-state index in [-0.39, 0.29) is 0 Å². The van der Waals surface area contributed by atoms with E-state index in [0.717, 1.165) is 17.7 Å². The highest BCUT2D eigenvalue weighted by atomic mass is 79.9. The Morgan fingerprint density at radius 2 is 2.08 bits per heavy atom. The topological polar surface area (TPSA) is 12.9 Å². The predicted octanol–water partition coefficient (Wildman–Crippen LogP) is 3.05. The van der Waals surface area contributed by atoms with Gasteiger partial charge in [-0.2, -0.15) is 0 Å². The van der Waals surface area contributed by atoms with Crippen molar-refractivity contribution >= 4 is 15.9 Å². The van der Waals surface area contributed by atoms with E-state index in [1.807, 2.05) is 12.4 Å². The van der Waals surface area contributed by atoms with Crippen LogP contribution in [0.4, 0.5) is 0 Å². The molecule has 0 saturated carbocycles. The highest BCUT2D eigenvalue weighted by Crippen LogP contribution is 2.10. The number of nitrogens with zero attached hydrogens (tertiary/aromatic N) is 1. The number of aromatic nitrogens is 1. The monoisotopic (exact) mass is 227 g/mol. The number of alkyl halides is 1. The van der Waals surface area contributed by atoms with Crippen LogP contribution in [-0.4, -0.2) is 10.3 Å². The molecule has 0 N–H and O–H groups in total. The van der Waals surface area contributed by atoms with Crippen LogP contribution < -0.4 is 0 Å². The lowest BCUT2D eigenvalue weighted by molar-refractivity contribution is 0.599. The Kier molecular flexibility index (Phi) is 4.30. The molecule has 0 spiro atoms. The average molecular weight is 228 g/mol. The Labute approximate surface area is 82.3 Å². The van der Waals surface area contributed by atoms with Crippen molar-refractivity contribution in [3.8, 4) is 0 Å². The quantitative estimate of drug-likeness (QED) is 0.722. The van der Waals surface area contributed by atoms with Crippen molar-refractivity contribution in [1.29, 1.82) is 0 Å². The van der Waals surface area contributed by atoms with E-state index < -0.39 is 0 Å².